The first-order chi connectivity index (χ1) is 14.7. The van der Waals surface area contributed by atoms with Crippen molar-refractivity contribution in [3.63, 3.8) is 0 Å². The second-order valence-electron chi connectivity index (χ2n) is 6.93. The van der Waals surface area contributed by atoms with E-state index in [4.69, 9.17) is 0 Å². The van der Waals surface area contributed by atoms with Crippen LogP contribution in [-0.2, 0) is 0 Å². The minimum atomic E-state index is -0.464. The van der Waals surface area contributed by atoms with E-state index >= 15 is 0 Å². The molecule has 2 aromatic heterocycles. The summed E-state index contributed by atoms with van der Waals surface area (Å²) in [7, 11) is 0. The summed E-state index contributed by atoms with van der Waals surface area (Å²) in [6.45, 7) is 0. The summed E-state index contributed by atoms with van der Waals surface area (Å²) in [5, 5.41) is 4.27. The molecule has 0 radical (unpaired) electrons. The third kappa shape index (κ3) is 3.02. The van der Waals surface area contributed by atoms with Crippen LogP contribution in [0.5, 0.6) is 0 Å². The van der Waals surface area contributed by atoms with Crippen LogP contribution in [-0.4, -0.2) is 15.5 Å². The zero-order valence-corrected chi connectivity index (χ0v) is 15.9. The number of anilines is 1. The van der Waals surface area contributed by atoms with Crippen LogP contribution in [0.4, 0.5) is 5.69 Å². The standard InChI is InChI=1S/C25H17N3O2/c29-24-19-12-4-5-14-22(19)28(18-10-2-1-3-11-18)16-20(24)25(30)27-21-13-6-8-17-9-7-15-26-23(17)21/h1-16H,(H,27,30). The summed E-state index contributed by atoms with van der Waals surface area (Å²) in [6, 6.07) is 26.3. The number of nitrogens with one attached hydrogen (secondary N) is 1. The van der Waals surface area contributed by atoms with Crippen LogP contribution in [0.25, 0.3) is 27.5 Å². The molecule has 144 valence electrons. The van der Waals surface area contributed by atoms with E-state index in [1.807, 2.05) is 71.3 Å². The van der Waals surface area contributed by atoms with Crippen LogP contribution in [0.1, 0.15) is 10.4 Å². The van der Waals surface area contributed by atoms with Gasteiger partial charge in [0.2, 0.25) is 5.43 Å². The molecular weight excluding hydrogens is 374 g/mol. The molecule has 0 atom stereocenters. The van der Waals surface area contributed by atoms with Crippen molar-refractivity contribution >= 4 is 33.4 Å². The Morgan fingerprint density at radius 3 is 2.47 bits per heavy atom. The van der Waals surface area contributed by atoms with E-state index in [0.717, 1.165) is 16.6 Å². The Kier molecular flexibility index (Phi) is 4.33. The fourth-order valence-corrected chi connectivity index (χ4v) is 3.64. The predicted molar refractivity (Wildman–Crippen MR) is 119 cm³/mol. The summed E-state index contributed by atoms with van der Waals surface area (Å²) < 4.78 is 1.87. The maximum absolute atomic E-state index is 13.2. The van der Waals surface area contributed by atoms with Gasteiger partial charge in [-0.05, 0) is 36.4 Å². The molecule has 1 N–H and O–H groups in total. The van der Waals surface area contributed by atoms with Crippen LogP contribution < -0.4 is 10.7 Å². The van der Waals surface area contributed by atoms with Crippen molar-refractivity contribution in [2.45, 2.75) is 0 Å². The highest BCUT2D eigenvalue weighted by Gasteiger charge is 2.17. The fraction of sp³-hybridized carbons (Fsp3) is 0. The Bertz CT molecular complexity index is 1450. The topological polar surface area (TPSA) is 64.0 Å². The third-order valence-corrected chi connectivity index (χ3v) is 5.07. The summed E-state index contributed by atoms with van der Waals surface area (Å²) in [6.07, 6.45) is 3.28. The van der Waals surface area contributed by atoms with Gasteiger partial charge in [-0.1, -0.05) is 48.5 Å². The number of hydrogen-bond donors (Lipinski definition) is 1. The number of carbonyl (C=O) groups excluding carboxylic acids is 1. The molecule has 5 rings (SSSR count). The van der Waals surface area contributed by atoms with Crippen molar-refractivity contribution < 1.29 is 4.79 Å². The van der Waals surface area contributed by atoms with Crippen LogP contribution in [0.3, 0.4) is 0 Å². The van der Waals surface area contributed by atoms with Crippen molar-refractivity contribution in [2.24, 2.45) is 0 Å². The molecule has 0 aliphatic rings. The van der Waals surface area contributed by atoms with E-state index < -0.39 is 5.91 Å². The number of fused-ring (bicyclic) bond motifs is 2. The number of hydrogen-bond acceptors (Lipinski definition) is 3. The van der Waals surface area contributed by atoms with Crippen molar-refractivity contribution in [2.75, 3.05) is 5.32 Å². The average molecular weight is 391 g/mol. The smallest absolute Gasteiger partial charge is 0.261 e. The first kappa shape index (κ1) is 17.8. The van der Waals surface area contributed by atoms with Crippen LogP contribution in [0.15, 0.2) is 102 Å². The lowest BCUT2D eigenvalue weighted by molar-refractivity contribution is 0.102. The van der Waals surface area contributed by atoms with Crippen molar-refractivity contribution in [3.05, 3.63) is 113 Å². The highest BCUT2D eigenvalue weighted by atomic mass is 16.2. The summed E-state index contributed by atoms with van der Waals surface area (Å²) >= 11 is 0. The maximum Gasteiger partial charge on any atom is 0.261 e. The highest BCUT2D eigenvalue weighted by molar-refractivity contribution is 6.09. The molecule has 0 saturated heterocycles. The monoisotopic (exact) mass is 391 g/mol. The van der Waals surface area contributed by atoms with E-state index in [-0.39, 0.29) is 11.0 Å². The predicted octanol–water partition coefficient (Wildman–Crippen LogP) is 4.79. The van der Waals surface area contributed by atoms with Crippen molar-refractivity contribution in [1.82, 2.24) is 9.55 Å². The van der Waals surface area contributed by atoms with Gasteiger partial charge in [0, 0.05) is 28.9 Å². The van der Waals surface area contributed by atoms with Crippen molar-refractivity contribution in [1.29, 1.82) is 0 Å². The van der Waals surface area contributed by atoms with Gasteiger partial charge < -0.3 is 9.88 Å². The molecular formula is C25H17N3O2. The molecule has 0 spiro atoms. The van der Waals surface area contributed by atoms with E-state index in [1.165, 1.54) is 0 Å². The average Bonchev–Trinajstić information content (AvgIpc) is 2.80. The molecule has 0 aliphatic carbocycles. The van der Waals surface area contributed by atoms with Gasteiger partial charge in [-0.25, -0.2) is 0 Å². The normalized spacial score (nSPS) is 10.9. The lowest BCUT2D eigenvalue weighted by atomic mass is 10.1. The molecule has 5 heteroatoms. The van der Waals surface area contributed by atoms with Gasteiger partial charge in [0.15, 0.2) is 0 Å². The largest absolute Gasteiger partial charge is 0.320 e. The summed E-state index contributed by atoms with van der Waals surface area (Å²) in [5.74, 6) is -0.464. The number of pyridine rings is 2. The molecule has 5 aromatic rings. The third-order valence-electron chi connectivity index (χ3n) is 5.07. The van der Waals surface area contributed by atoms with Crippen LogP contribution >= 0.6 is 0 Å². The van der Waals surface area contributed by atoms with E-state index in [2.05, 4.69) is 10.3 Å². The lowest BCUT2D eigenvalue weighted by Gasteiger charge is -2.14. The number of nitrogens with zero attached hydrogens (tertiary/aromatic N) is 2. The van der Waals surface area contributed by atoms with Gasteiger partial charge in [-0.3, -0.25) is 14.6 Å². The number of amides is 1. The van der Waals surface area contributed by atoms with Gasteiger partial charge in [0.1, 0.15) is 5.56 Å². The molecule has 0 bridgehead atoms. The van der Waals surface area contributed by atoms with Gasteiger partial charge in [-0.2, -0.15) is 0 Å². The van der Waals surface area contributed by atoms with Gasteiger partial charge in [0.25, 0.3) is 5.91 Å². The first-order valence-electron chi connectivity index (χ1n) is 9.57. The van der Waals surface area contributed by atoms with Crippen LogP contribution in [0, 0.1) is 0 Å². The molecule has 30 heavy (non-hydrogen) atoms. The lowest BCUT2D eigenvalue weighted by Crippen LogP contribution is -2.23. The zero-order valence-electron chi connectivity index (χ0n) is 15.9. The SMILES string of the molecule is O=C(Nc1cccc2cccnc12)c1cn(-c2ccccc2)c2ccccc2c1=O. The Labute approximate surface area is 172 Å². The van der Waals surface area contributed by atoms with Crippen LogP contribution in [0.2, 0.25) is 0 Å². The highest BCUT2D eigenvalue weighted by Crippen LogP contribution is 2.22. The molecule has 1 amide bonds. The second kappa shape index (κ2) is 7.29. The molecule has 0 fully saturated rings. The number of carbonyl (C=O) groups is 1. The van der Waals surface area contributed by atoms with E-state index in [0.29, 0.717) is 16.6 Å². The number of para-hydroxylation sites is 3. The summed E-state index contributed by atoms with van der Waals surface area (Å²) in [5.41, 5.74) is 2.63. The van der Waals surface area contributed by atoms with Gasteiger partial charge in [0.05, 0.1) is 16.7 Å². The van der Waals surface area contributed by atoms with Crippen molar-refractivity contribution in [3.8, 4) is 5.69 Å². The molecule has 0 unspecified atom stereocenters. The Hall–Kier alpha value is -4.25. The minimum Gasteiger partial charge on any atom is -0.320 e. The molecule has 0 aliphatic heterocycles. The second-order valence-corrected chi connectivity index (χ2v) is 6.93. The maximum atomic E-state index is 13.2. The van der Waals surface area contributed by atoms with E-state index in [9.17, 15) is 9.59 Å². The number of benzene rings is 3. The van der Waals surface area contributed by atoms with E-state index in [1.54, 1.807) is 30.6 Å². The molecule has 5 nitrogen and oxygen atoms in total. The zero-order chi connectivity index (χ0) is 20.5. The Morgan fingerprint density at radius 2 is 1.60 bits per heavy atom. The first-order valence-corrected chi connectivity index (χ1v) is 9.57. The summed E-state index contributed by atoms with van der Waals surface area (Å²) in [4.78, 5) is 30.6. The minimum absolute atomic E-state index is 0.0745. The molecule has 2 heterocycles. The number of aromatic nitrogens is 2. The quantitative estimate of drug-likeness (QED) is 0.481. The Balaban J connectivity index is 1.66. The Morgan fingerprint density at radius 1 is 0.833 bits per heavy atom. The fourth-order valence-electron chi connectivity index (χ4n) is 3.64. The van der Waals surface area contributed by atoms with Gasteiger partial charge >= 0.3 is 0 Å². The molecule has 3 aromatic carbocycles. The molecule has 0 saturated carbocycles. The number of rotatable bonds is 3. The van der Waals surface area contributed by atoms with Gasteiger partial charge in [-0.15, -0.1) is 0 Å².